The predicted octanol–water partition coefficient (Wildman–Crippen LogP) is 5.66. The van der Waals surface area contributed by atoms with E-state index in [-0.39, 0.29) is 0 Å². The summed E-state index contributed by atoms with van der Waals surface area (Å²) in [5, 5.41) is 8.50. The Morgan fingerprint density at radius 2 is 1.35 bits per heavy atom. The van der Waals surface area contributed by atoms with Crippen LogP contribution in [0.2, 0.25) is 0 Å². The smallest absolute Gasteiger partial charge is 0.303 e. The minimum absolute atomic E-state index is 0.316. The van der Waals surface area contributed by atoms with Gasteiger partial charge in [-0.05, 0) is 25.7 Å². The highest BCUT2D eigenvalue weighted by Crippen LogP contribution is 2.07. The fourth-order valence-corrected chi connectivity index (χ4v) is 1.87. The average molecular weight is 278 g/mol. The van der Waals surface area contributed by atoms with Gasteiger partial charge in [-0.3, -0.25) is 4.79 Å². The molecule has 114 valence electrons. The van der Waals surface area contributed by atoms with Gasteiger partial charge in [0.15, 0.2) is 0 Å². The van der Waals surface area contributed by atoms with Crippen LogP contribution in [0.3, 0.4) is 0 Å². The molecule has 0 aromatic heterocycles. The molecule has 0 amide bonds. The molecule has 0 aliphatic heterocycles. The molecule has 1 N–H and O–H groups in total. The normalized spacial score (nSPS) is 12.1. The van der Waals surface area contributed by atoms with Crippen LogP contribution in [0.5, 0.6) is 0 Å². The van der Waals surface area contributed by atoms with Crippen molar-refractivity contribution in [3.8, 4) is 0 Å². The summed E-state index contributed by atoms with van der Waals surface area (Å²) in [4.78, 5) is 10.3. The first-order chi connectivity index (χ1) is 9.77. The van der Waals surface area contributed by atoms with Crippen LogP contribution >= 0.6 is 0 Å². The first-order valence-corrected chi connectivity index (χ1v) is 7.97. The van der Waals surface area contributed by atoms with Crippen molar-refractivity contribution in [2.24, 2.45) is 0 Å². The lowest BCUT2D eigenvalue weighted by Gasteiger charge is -1.97. The highest BCUT2D eigenvalue weighted by atomic mass is 16.4. The lowest BCUT2D eigenvalue weighted by atomic mass is 10.1. The van der Waals surface area contributed by atoms with Crippen molar-refractivity contribution in [3.63, 3.8) is 0 Å². The molecule has 0 bridgehead atoms. The van der Waals surface area contributed by atoms with E-state index < -0.39 is 5.97 Å². The number of carboxylic acid groups (broad SMARTS) is 1. The maximum Gasteiger partial charge on any atom is 0.303 e. The van der Waals surface area contributed by atoms with Gasteiger partial charge in [-0.25, -0.2) is 0 Å². The molecule has 0 heterocycles. The molecule has 0 aromatic carbocycles. The molecule has 0 saturated carbocycles. The summed E-state index contributed by atoms with van der Waals surface area (Å²) in [6.45, 7) is 2.21. The summed E-state index contributed by atoms with van der Waals surface area (Å²) in [6.07, 6.45) is 23.3. The zero-order chi connectivity index (χ0) is 14.9. The monoisotopic (exact) mass is 278 g/mol. The van der Waals surface area contributed by atoms with Crippen LogP contribution in [0.1, 0.15) is 71.1 Å². The second kappa shape index (κ2) is 15.7. The van der Waals surface area contributed by atoms with E-state index in [1.54, 1.807) is 0 Å². The van der Waals surface area contributed by atoms with Crippen molar-refractivity contribution < 1.29 is 9.90 Å². The molecule has 20 heavy (non-hydrogen) atoms. The van der Waals surface area contributed by atoms with Gasteiger partial charge >= 0.3 is 5.97 Å². The second-order valence-electron chi connectivity index (χ2n) is 5.08. The van der Waals surface area contributed by atoms with Gasteiger partial charge in [0.25, 0.3) is 0 Å². The van der Waals surface area contributed by atoms with Gasteiger partial charge < -0.3 is 5.11 Å². The van der Waals surface area contributed by atoms with Gasteiger partial charge in [-0.1, -0.05) is 75.5 Å². The summed E-state index contributed by atoms with van der Waals surface area (Å²) < 4.78 is 0. The molecule has 2 nitrogen and oxygen atoms in total. The quantitative estimate of drug-likeness (QED) is 0.348. The number of rotatable bonds is 13. The molecule has 0 spiro atoms. The average Bonchev–Trinajstić information content (AvgIpc) is 2.43. The van der Waals surface area contributed by atoms with Crippen LogP contribution in [-0.4, -0.2) is 11.1 Å². The predicted molar refractivity (Wildman–Crippen MR) is 86.9 cm³/mol. The number of carbonyl (C=O) groups is 1. The Morgan fingerprint density at radius 1 is 0.800 bits per heavy atom. The van der Waals surface area contributed by atoms with Crippen molar-refractivity contribution >= 4 is 5.97 Å². The molecule has 0 radical (unpaired) electrons. The van der Waals surface area contributed by atoms with E-state index in [4.69, 9.17) is 5.11 Å². The van der Waals surface area contributed by atoms with E-state index in [0.717, 1.165) is 25.7 Å². The zero-order valence-corrected chi connectivity index (χ0v) is 12.9. The molecule has 0 rings (SSSR count). The van der Waals surface area contributed by atoms with Gasteiger partial charge in [0.1, 0.15) is 0 Å². The maximum atomic E-state index is 10.3. The lowest BCUT2D eigenvalue weighted by molar-refractivity contribution is -0.137. The van der Waals surface area contributed by atoms with Crippen LogP contribution < -0.4 is 0 Å². The summed E-state index contributed by atoms with van der Waals surface area (Å²) in [7, 11) is 0. The van der Waals surface area contributed by atoms with Gasteiger partial charge in [0.05, 0.1) is 0 Å². The van der Waals surface area contributed by atoms with Gasteiger partial charge in [-0.15, -0.1) is 0 Å². The first-order valence-electron chi connectivity index (χ1n) is 7.97. The minimum Gasteiger partial charge on any atom is -0.481 e. The van der Waals surface area contributed by atoms with E-state index in [9.17, 15) is 4.79 Å². The van der Waals surface area contributed by atoms with Crippen molar-refractivity contribution in [2.45, 2.75) is 71.1 Å². The minimum atomic E-state index is -0.677. The molecule has 0 unspecified atom stereocenters. The molecule has 0 atom stereocenters. The van der Waals surface area contributed by atoms with E-state index >= 15 is 0 Å². The number of aliphatic carboxylic acids is 1. The number of hydrogen-bond acceptors (Lipinski definition) is 1. The van der Waals surface area contributed by atoms with Crippen LogP contribution in [0.25, 0.3) is 0 Å². The van der Waals surface area contributed by atoms with Gasteiger partial charge in [0, 0.05) is 6.42 Å². The molecule has 0 aliphatic rings. The van der Waals surface area contributed by atoms with Crippen molar-refractivity contribution in [3.05, 3.63) is 36.5 Å². The topological polar surface area (TPSA) is 37.3 Å². The second-order valence-corrected chi connectivity index (χ2v) is 5.08. The Hall–Kier alpha value is -1.31. The van der Waals surface area contributed by atoms with Crippen molar-refractivity contribution in [1.29, 1.82) is 0 Å². The van der Waals surface area contributed by atoms with Crippen LogP contribution in [0.4, 0.5) is 0 Å². The summed E-state index contributed by atoms with van der Waals surface area (Å²) in [6, 6.07) is 0. The van der Waals surface area contributed by atoms with E-state index in [0.29, 0.717) is 6.42 Å². The zero-order valence-electron chi connectivity index (χ0n) is 12.9. The molecular formula is C18H30O2. The van der Waals surface area contributed by atoms with Crippen LogP contribution in [-0.2, 0) is 4.79 Å². The van der Waals surface area contributed by atoms with E-state index in [2.05, 4.69) is 43.4 Å². The molecule has 2 heteroatoms. The van der Waals surface area contributed by atoms with Crippen molar-refractivity contribution in [2.75, 3.05) is 0 Å². The van der Waals surface area contributed by atoms with E-state index in [1.165, 1.54) is 32.1 Å². The van der Waals surface area contributed by atoms with Crippen LogP contribution in [0.15, 0.2) is 36.5 Å². The number of unbranched alkanes of at least 4 members (excludes halogenated alkanes) is 7. The van der Waals surface area contributed by atoms with E-state index in [1.807, 2.05) is 0 Å². The highest BCUT2D eigenvalue weighted by Gasteiger charge is 1.95. The Morgan fingerprint density at radius 3 is 1.95 bits per heavy atom. The molecule has 0 aromatic rings. The van der Waals surface area contributed by atoms with Gasteiger partial charge in [-0.2, -0.15) is 0 Å². The number of carboxylic acids is 1. The largest absolute Gasteiger partial charge is 0.481 e. The first kappa shape index (κ1) is 18.7. The Labute approximate surface area is 124 Å². The SMILES string of the molecule is CCCC\C=C/C=C\C=C/CCCCCCCC(=O)O. The van der Waals surface area contributed by atoms with Gasteiger partial charge in [0.2, 0.25) is 0 Å². The third-order valence-corrected chi connectivity index (χ3v) is 3.09. The third-order valence-electron chi connectivity index (χ3n) is 3.09. The maximum absolute atomic E-state index is 10.3. The molecular weight excluding hydrogens is 248 g/mol. The fraction of sp³-hybridized carbons (Fsp3) is 0.611. The standard InChI is InChI=1S/C18H30O2/c1-2-3-4-5-6-7-8-9-10-11-12-13-14-15-16-17-18(19)20/h5-10H,2-4,11-17H2,1H3,(H,19,20)/b6-5-,8-7-,10-9-. The van der Waals surface area contributed by atoms with Crippen molar-refractivity contribution in [1.82, 2.24) is 0 Å². The molecule has 0 saturated heterocycles. The molecule has 0 aliphatic carbocycles. The summed E-state index contributed by atoms with van der Waals surface area (Å²) >= 11 is 0. The number of hydrogen-bond donors (Lipinski definition) is 1. The Kier molecular flexibility index (Phi) is 14.7. The summed E-state index contributed by atoms with van der Waals surface area (Å²) in [5.41, 5.74) is 0. The Balaban J connectivity index is 3.29. The number of allylic oxidation sites excluding steroid dienone is 6. The molecule has 0 fully saturated rings. The third kappa shape index (κ3) is 16.7. The highest BCUT2D eigenvalue weighted by molar-refractivity contribution is 5.66. The van der Waals surface area contributed by atoms with Crippen LogP contribution in [0, 0.1) is 0 Å². The lowest BCUT2D eigenvalue weighted by Crippen LogP contribution is -1.93. The fourth-order valence-electron chi connectivity index (χ4n) is 1.87. The Bertz CT molecular complexity index is 301. The summed E-state index contributed by atoms with van der Waals surface area (Å²) in [5.74, 6) is -0.677.